The Morgan fingerprint density at radius 1 is 1.20 bits per heavy atom. The van der Waals surface area contributed by atoms with Crippen LogP contribution in [0.15, 0.2) is 29.3 Å². The monoisotopic (exact) mass is 528 g/mol. The van der Waals surface area contributed by atoms with Crippen molar-refractivity contribution in [1.29, 1.82) is 0 Å². The second-order valence-corrected chi connectivity index (χ2v) is 8.94. The van der Waals surface area contributed by atoms with Gasteiger partial charge in [0.15, 0.2) is 5.96 Å². The molecule has 1 heterocycles. The quantitative estimate of drug-likeness (QED) is 0.347. The minimum absolute atomic E-state index is 0. The van der Waals surface area contributed by atoms with E-state index < -0.39 is 0 Å². The van der Waals surface area contributed by atoms with Crippen LogP contribution in [-0.4, -0.2) is 49.5 Å². The third-order valence-corrected chi connectivity index (χ3v) is 6.91. The molecular formula is C23H34FIN4O. The number of benzene rings is 1. The van der Waals surface area contributed by atoms with Crippen molar-refractivity contribution in [3.63, 3.8) is 0 Å². The Morgan fingerprint density at radius 2 is 1.93 bits per heavy atom. The summed E-state index contributed by atoms with van der Waals surface area (Å²) in [5.74, 6) is 1.19. The molecule has 3 fully saturated rings. The molecule has 1 amide bonds. The second-order valence-electron chi connectivity index (χ2n) is 8.94. The Balaban J connectivity index is 0.00000256. The van der Waals surface area contributed by atoms with E-state index in [1.54, 1.807) is 19.2 Å². The van der Waals surface area contributed by atoms with E-state index in [0.717, 1.165) is 56.7 Å². The predicted molar refractivity (Wildman–Crippen MR) is 129 cm³/mol. The van der Waals surface area contributed by atoms with Crippen LogP contribution in [0.5, 0.6) is 0 Å². The van der Waals surface area contributed by atoms with Gasteiger partial charge in [0.2, 0.25) is 5.91 Å². The highest BCUT2D eigenvalue weighted by Crippen LogP contribution is 2.48. The highest BCUT2D eigenvalue weighted by atomic mass is 127. The van der Waals surface area contributed by atoms with Crippen molar-refractivity contribution in [3.05, 3.63) is 35.6 Å². The highest BCUT2D eigenvalue weighted by molar-refractivity contribution is 14.0. The standard InChI is InChI=1S/C23H33FN4O.HI/c1-25-22(26-16-23(12-13-23)19-9-5-6-10-20(19)24)27-18-11-14-28(15-18)21(29)17-7-3-2-4-8-17;/h5-6,9-10,17-18H,2-4,7-8,11-16H2,1H3,(H2,25,26,27);1H. The first-order valence-electron chi connectivity index (χ1n) is 11.1. The van der Waals surface area contributed by atoms with Crippen LogP contribution in [0, 0.1) is 11.7 Å². The molecule has 2 saturated carbocycles. The number of carbonyl (C=O) groups is 1. The van der Waals surface area contributed by atoms with E-state index in [1.165, 1.54) is 19.3 Å². The Hall–Kier alpha value is -1.38. The van der Waals surface area contributed by atoms with E-state index >= 15 is 0 Å². The number of nitrogens with zero attached hydrogens (tertiary/aromatic N) is 2. The average molecular weight is 528 g/mol. The fourth-order valence-corrected chi connectivity index (χ4v) is 4.91. The number of aliphatic imine (C=N–C) groups is 1. The average Bonchev–Trinajstić information content (AvgIpc) is 3.40. The van der Waals surface area contributed by atoms with Gasteiger partial charge in [-0.15, -0.1) is 24.0 Å². The Labute approximate surface area is 196 Å². The maximum absolute atomic E-state index is 14.2. The fourth-order valence-electron chi connectivity index (χ4n) is 4.91. The van der Waals surface area contributed by atoms with E-state index in [1.807, 2.05) is 17.0 Å². The lowest BCUT2D eigenvalue weighted by Gasteiger charge is -2.26. The van der Waals surface area contributed by atoms with E-state index in [-0.39, 0.29) is 47.2 Å². The number of likely N-dealkylation sites (tertiary alicyclic amines) is 1. The lowest BCUT2D eigenvalue weighted by Crippen LogP contribution is -2.47. The molecule has 1 aromatic rings. The number of guanidine groups is 1. The third-order valence-electron chi connectivity index (χ3n) is 6.91. The zero-order valence-electron chi connectivity index (χ0n) is 17.8. The first-order valence-corrected chi connectivity index (χ1v) is 11.1. The SMILES string of the molecule is CN=C(NCC1(c2ccccc2F)CC1)NC1CCN(C(=O)C2CCCCC2)C1.I. The van der Waals surface area contributed by atoms with E-state index in [4.69, 9.17) is 0 Å². The molecule has 1 saturated heterocycles. The number of halogens is 2. The number of nitrogens with one attached hydrogen (secondary N) is 2. The van der Waals surface area contributed by atoms with Gasteiger partial charge in [0.25, 0.3) is 0 Å². The molecule has 7 heteroatoms. The Morgan fingerprint density at radius 3 is 2.60 bits per heavy atom. The molecule has 30 heavy (non-hydrogen) atoms. The summed E-state index contributed by atoms with van der Waals surface area (Å²) in [6.07, 6.45) is 8.67. The summed E-state index contributed by atoms with van der Waals surface area (Å²) in [6, 6.07) is 7.30. The van der Waals surface area contributed by atoms with Gasteiger partial charge >= 0.3 is 0 Å². The normalized spacial score (nSPS) is 23.6. The Bertz CT molecular complexity index is 761. The summed E-state index contributed by atoms with van der Waals surface area (Å²) in [6.45, 7) is 2.24. The van der Waals surface area contributed by atoms with Gasteiger partial charge in [-0.05, 0) is 43.7 Å². The maximum Gasteiger partial charge on any atom is 0.225 e. The molecule has 5 nitrogen and oxygen atoms in total. The van der Waals surface area contributed by atoms with Gasteiger partial charge in [-0.25, -0.2) is 4.39 Å². The van der Waals surface area contributed by atoms with Gasteiger partial charge in [0, 0.05) is 44.1 Å². The Kier molecular flexibility index (Phi) is 7.98. The smallest absolute Gasteiger partial charge is 0.225 e. The molecule has 1 aromatic carbocycles. The molecule has 2 aliphatic carbocycles. The first kappa shape index (κ1) is 23.3. The molecule has 0 radical (unpaired) electrons. The fraction of sp³-hybridized carbons (Fsp3) is 0.652. The summed E-state index contributed by atoms with van der Waals surface area (Å²) in [4.78, 5) is 19.2. The van der Waals surface area contributed by atoms with Gasteiger partial charge in [0.05, 0.1) is 0 Å². The van der Waals surface area contributed by atoms with E-state index in [9.17, 15) is 9.18 Å². The molecule has 1 atom stereocenters. The minimum Gasteiger partial charge on any atom is -0.356 e. The van der Waals surface area contributed by atoms with Crippen molar-refractivity contribution in [2.45, 2.75) is 62.8 Å². The van der Waals surface area contributed by atoms with Crippen LogP contribution < -0.4 is 10.6 Å². The number of rotatable bonds is 5. The van der Waals surface area contributed by atoms with Crippen LogP contribution in [0.4, 0.5) is 4.39 Å². The minimum atomic E-state index is -0.123. The van der Waals surface area contributed by atoms with Gasteiger partial charge in [0.1, 0.15) is 5.82 Å². The predicted octanol–water partition coefficient (Wildman–Crippen LogP) is 3.82. The van der Waals surface area contributed by atoms with Crippen LogP contribution in [0.25, 0.3) is 0 Å². The van der Waals surface area contributed by atoms with Crippen molar-refractivity contribution in [3.8, 4) is 0 Å². The van der Waals surface area contributed by atoms with Gasteiger partial charge in [-0.3, -0.25) is 9.79 Å². The number of carbonyl (C=O) groups excluding carboxylic acids is 1. The van der Waals surface area contributed by atoms with Crippen LogP contribution in [0.3, 0.4) is 0 Å². The van der Waals surface area contributed by atoms with Crippen molar-refractivity contribution in [1.82, 2.24) is 15.5 Å². The highest BCUT2D eigenvalue weighted by Gasteiger charge is 2.46. The summed E-state index contributed by atoms with van der Waals surface area (Å²) in [7, 11) is 1.76. The van der Waals surface area contributed by atoms with E-state index in [0.29, 0.717) is 12.5 Å². The summed E-state index contributed by atoms with van der Waals surface area (Å²) in [5, 5.41) is 6.87. The summed E-state index contributed by atoms with van der Waals surface area (Å²) in [5.41, 5.74) is 0.676. The summed E-state index contributed by atoms with van der Waals surface area (Å²) >= 11 is 0. The van der Waals surface area contributed by atoms with Crippen molar-refractivity contribution in [2.24, 2.45) is 10.9 Å². The molecule has 2 N–H and O–H groups in total. The molecular weight excluding hydrogens is 494 g/mol. The molecule has 0 aromatic heterocycles. The molecule has 0 spiro atoms. The zero-order valence-corrected chi connectivity index (χ0v) is 20.2. The maximum atomic E-state index is 14.2. The number of hydrogen-bond donors (Lipinski definition) is 2. The number of amides is 1. The lowest BCUT2D eigenvalue weighted by molar-refractivity contribution is -0.135. The van der Waals surface area contributed by atoms with Crippen LogP contribution in [-0.2, 0) is 10.2 Å². The molecule has 166 valence electrons. The molecule has 4 rings (SSSR count). The molecule has 0 bridgehead atoms. The molecule has 1 aliphatic heterocycles. The first-order chi connectivity index (χ1) is 14.1. The summed E-state index contributed by atoms with van der Waals surface area (Å²) < 4.78 is 14.2. The van der Waals surface area contributed by atoms with Crippen molar-refractivity contribution < 1.29 is 9.18 Å². The zero-order chi connectivity index (χ0) is 20.3. The lowest BCUT2D eigenvalue weighted by atomic mass is 9.88. The van der Waals surface area contributed by atoms with E-state index in [2.05, 4.69) is 15.6 Å². The number of hydrogen-bond acceptors (Lipinski definition) is 2. The van der Waals surface area contributed by atoms with Crippen molar-refractivity contribution >= 4 is 35.8 Å². The largest absolute Gasteiger partial charge is 0.356 e. The second kappa shape index (κ2) is 10.3. The van der Waals surface area contributed by atoms with Gasteiger partial charge < -0.3 is 15.5 Å². The van der Waals surface area contributed by atoms with Crippen LogP contribution in [0.1, 0.15) is 56.9 Å². The van der Waals surface area contributed by atoms with Gasteiger partial charge in [-0.2, -0.15) is 0 Å². The molecule has 1 unspecified atom stereocenters. The van der Waals surface area contributed by atoms with Crippen LogP contribution >= 0.6 is 24.0 Å². The third kappa shape index (κ3) is 5.26. The topological polar surface area (TPSA) is 56.7 Å². The van der Waals surface area contributed by atoms with Gasteiger partial charge in [-0.1, -0.05) is 37.5 Å². The molecule has 3 aliphatic rings. The van der Waals surface area contributed by atoms with Crippen molar-refractivity contribution in [2.75, 3.05) is 26.7 Å². The van der Waals surface area contributed by atoms with Crippen LogP contribution in [0.2, 0.25) is 0 Å².